The fourth-order valence-corrected chi connectivity index (χ4v) is 7.49. The number of aromatic nitrogens is 4. The molecule has 4 aliphatic rings. The number of carbonyl (C=O) groups excluding carboxylic acids is 2. The van der Waals surface area contributed by atoms with Gasteiger partial charge in [-0.3, -0.25) is 0 Å². The van der Waals surface area contributed by atoms with Crippen LogP contribution >= 0.6 is 69.0 Å². The molecule has 22 heteroatoms. The van der Waals surface area contributed by atoms with Crippen LogP contribution in [-0.2, 0) is 26.2 Å². The van der Waals surface area contributed by atoms with Crippen molar-refractivity contribution in [3.05, 3.63) is 70.6 Å². The summed E-state index contributed by atoms with van der Waals surface area (Å²) >= 11 is 25.4. The maximum absolute atomic E-state index is 12.3. The Balaban J connectivity index is 0.000000168. The lowest BCUT2D eigenvalue weighted by Crippen LogP contribution is -2.37. The SMILES string of the molecule is C.Nc1nc(I)c2c(n1)CN(C(=O)NC1CC1)C2.Nc1nc2c(c(-c3c(O)cc(Cl)cc3Cl)n1)CN(C(=O)NC1CC1)C2.OB(O)c1c(O)cc(Cl)cc1Cl. The molecule has 4 amide bonds. The minimum absolute atomic E-state index is 0. The Labute approximate surface area is 349 Å². The lowest BCUT2D eigenvalue weighted by atomic mass is 9.79. The Bertz CT molecular complexity index is 2090. The second-order valence-corrected chi connectivity index (χ2v) is 15.5. The lowest BCUT2D eigenvalue weighted by molar-refractivity contribution is 0.197. The lowest BCUT2D eigenvalue weighted by Gasteiger charge is -2.16. The van der Waals surface area contributed by atoms with Gasteiger partial charge in [0.05, 0.1) is 53.8 Å². The minimum atomic E-state index is -1.80. The van der Waals surface area contributed by atoms with Gasteiger partial charge in [0.25, 0.3) is 0 Å². The third-order valence-electron chi connectivity index (χ3n) is 8.53. The molecule has 0 atom stereocenters. The van der Waals surface area contributed by atoms with Gasteiger partial charge in [0, 0.05) is 43.7 Å². The van der Waals surface area contributed by atoms with E-state index in [2.05, 4.69) is 53.2 Å². The molecule has 0 saturated heterocycles. The zero-order chi connectivity index (χ0) is 39.0. The molecule has 0 spiro atoms. The second kappa shape index (κ2) is 17.6. The molecule has 55 heavy (non-hydrogen) atoms. The topological polar surface area (TPSA) is 249 Å². The average molecular weight is 948 g/mol. The molecule has 4 heterocycles. The summed E-state index contributed by atoms with van der Waals surface area (Å²) in [4.78, 5) is 44.4. The minimum Gasteiger partial charge on any atom is -0.508 e. The molecule has 0 radical (unpaired) electrons. The van der Waals surface area contributed by atoms with Crippen LogP contribution < -0.4 is 27.6 Å². The number of nitrogens with zero attached hydrogens (tertiary/aromatic N) is 6. The molecule has 2 aliphatic heterocycles. The van der Waals surface area contributed by atoms with Gasteiger partial charge in [-0.05, 0) is 72.5 Å². The van der Waals surface area contributed by atoms with Gasteiger partial charge in [-0.2, -0.15) is 0 Å². The quantitative estimate of drug-likeness (QED) is 0.0782. The van der Waals surface area contributed by atoms with Crippen molar-refractivity contribution >= 4 is 106 Å². The van der Waals surface area contributed by atoms with E-state index in [1.807, 2.05) is 0 Å². The van der Waals surface area contributed by atoms with Crippen LogP contribution in [-0.4, -0.2) is 81.3 Å². The molecule has 2 aromatic carbocycles. The predicted molar refractivity (Wildman–Crippen MR) is 219 cm³/mol. The van der Waals surface area contributed by atoms with Gasteiger partial charge in [-0.25, -0.2) is 29.5 Å². The summed E-state index contributed by atoms with van der Waals surface area (Å²) in [6.07, 6.45) is 4.21. The van der Waals surface area contributed by atoms with Gasteiger partial charge in [0.15, 0.2) is 0 Å². The normalized spacial score (nSPS) is 15.0. The smallest absolute Gasteiger partial charge is 0.493 e. The predicted octanol–water partition coefficient (Wildman–Crippen LogP) is 4.79. The second-order valence-electron chi connectivity index (χ2n) is 12.8. The zero-order valence-electron chi connectivity index (χ0n) is 28.0. The van der Waals surface area contributed by atoms with Crippen LogP contribution in [0.4, 0.5) is 21.5 Å². The van der Waals surface area contributed by atoms with Crippen LogP contribution in [0.3, 0.4) is 0 Å². The van der Waals surface area contributed by atoms with E-state index in [9.17, 15) is 14.7 Å². The molecule has 292 valence electrons. The first-order valence-corrected chi connectivity index (χ1v) is 19.0. The Morgan fingerprint density at radius 1 is 0.727 bits per heavy atom. The Morgan fingerprint density at radius 3 is 1.69 bits per heavy atom. The number of nitrogens with one attached hydrogen (secondary N) is 2. The number of hydrogen-bond acceptors (Lipinski definition) is 12. The number of rotatable bonds is 4. The van der Waals surface area contributed by atoms with Crippen molar-refractivity contribution in [1.82, 2.24) is 40.4 Å². The standard InChI is InChI=1S/C16H15Cl2N5O2.C10H12IN5O.C6H5BCl2O3.CH4/c17-7-3-10(18)13(12(24)4-7)14-9-5-23(16(25)20-8-1-2-8)6-11(9)21-15(19)22-14;11-8-6-3-16(10(17)13-5-1-2-5)4-7(6)14-9(12)15-8;8-3-1-4(9)6(7(11)12)5(10)2-3;/h3-4,8,24H,1-2,5-6H2,(H,20,25)(H2,19,21,22);5H,1-4H2,(H,13,17)(H2,12,14,15);1-2,10-12H;1H4. The number of aromatic hydroxyl groups is 2. The largest absolute Gasteiger partial charge is 0.508 e. The number of hydrogen-bond donors (Lipinski definition) is 8. The van der Waals surface area contributed by atoms with Crippen LogP contribution in [0.1, 0.15) is 55.6 Å². The third kappa shape index (κ3) is 10.3. The highest BCUT2D eigenvalue weighted by molar-refractivity contribution is 14.1. The molecule has 16 nitrogen and oxygen atoms in total. The molecular weight excluding hydrogens is 912 g/mol. The van der Waals surface area contributed by atoms with Crippen LogP contribution in [0, 0.1) is 3.70 Å². The van der Waals surface area contributed by atoms with Gasteiger partial charge >= 0.3 is 19.2 Å². The van der Waals surface area contributed by atoms with Gasteiger partial charge in [0.1, 0.15) is 15.2 Å². The number of nitrogen functional groups attached to an aromatic ring is 2. The molecule has 2 fully saturated rings. The van der Waals surface area contributed by atoms with Crippen LogP contribution in [0.5, 0.6) is 11.5 Å². The summed E-state index contributed by atoms with van der Waals surface area (Å²) in [6, 6.07) is 5.90. The highest BCUT2D eigenvalue weighted by Gasteiger charge is 2.34. The highest BCUT2D eigenvalue weighted by Crippen LogP contribution is 2.41. The fraction of sp³-hybridized carbons (Fsp3) is 0.333. The summed E-state index contributed by atoms with van der Waals surface area (Å²) in [5.74, 6) is -0.0950. The van der Waals surface area contributed by atoms with E-state index in [4.69, 9.17) is 73.0 Å². The van der Waals surface area contributed by atoms with E-state index < -0.39 is 7.12 Å². The van der Waals surface area contributed by atoms with E-state index in [1.165, 1.54) is 24.3 Å². The van der Waals surface area contributed by atoms with Gasteiger partial charge in [-0.15, -0.1) is 0 Å². The number of halogens is 5. The van der Waals surface area contributed by atoms with Gasteiger partial charge < -0.3 is 52.2 Å². The van der Waals surface area contributed by atoms with Crippen molar-refractivity contribution in [3.8, 4) is 22.8 Å². The Hall–Kier alpha value is -3.79. The van der Waals surface area contributed by atoms with Gasteiger partial charge in [-0.1, -0.05) is 53.8 Å². The summed E-state index contributed by atoms with van der Waals surface area (Å²) in [5.41, 5.74) is 15.3. The fourth-order valence-electron chi connectivity index (χ4n) is 5.61. The number of carbonyl (C=O) groups is 2. The van der Waals surface area contributed by atoms with E-state index in [0.717, 1.165) is 46.2 Å². The van der Waals surface area contributed by atoms with E-state index in [-0.39, 0.29) is 69.5 Å². The van der Waals surface area contributed by atoms with Crippen molar-refractivity contribution in [2.75, 3.05) is 11.5 Å². The molecule has 0 bridgehead atoms. The number of nitrogens with two attached hydrogens (primary N) is 2. The van der Waals surface area contributed by atoms with E-state index in [0.29, 0.717) is 54.2 Å². The average Bonchev–Trinajstić information content (AvgIpc) is 3.97. The molecule has 2 aromatic heterocycles. The summed E-state index contributed by atoms with van der Waals surface area (Å²) in [7, 11) is -1.80. The maximum atomic E-state index is 12.3. The maximum Gasteiger partial charge on any atom is 0.493 e. The number of fused-ring (bicyclic) bond motifs is 2. The van der Waals surface area contributed by atoms with Crippen LogP contribution in [0.25, 0.3) is 11.3 Å². The van der Waals surface area contributed by atoms with Crippen LogP contribution in [0.15, 0.2) is 24.3 Å². The molecule has 0 unspecified atom stereocenters. The zero-order valence-corrected chi connectivity index (χ0v) is 33.2. The van der Waals surface area contributed by atoms with Crippen molar-refractivity contribution in [1.29, 1.82) is 0 Å². The van der Waals surface area contributed by atoms with E-state index >= 15 is 0 Å². The molecule has 4 aromatic rings. The summed E-state index contributed by atoms with van der Waals surface area (Å²) in [5, 5.41) is 43.7. The first-order chi connectivity index (χ1) is 25.6. The van der Waals surface area contributed by atoms with Gasteiger partial charge in [0.2, 0.25) is 11.9 Å². The highest BCUT2D eigenvalue weighted by atomic mass is 127. The number of benzene rings is 2. The van der Waals surface area contributed by atoms with Crippen molar-refractivity contribution in [2.24, 2.45) is 0 Å². The van der Waals surface area contributed by atoms with Crippen molar-refractivity contribution < 1.29 is 29.9 Å². The first-order valence-electron chi connectivity index (χ1n) is 16.4. The molecule has 2 aliphatic carbocycles. The number of phenolic OH excluding ortho intramolecular Hbond substituents is 2. The molecule has 2 saturated carbocycles. The van der Waals surface area contributed by atoms with Crippen molar-refractivity contribution in [2.45, 2.75) is 71.4 Å². The summed E-state index contributed by atoms with van der Waals surface area (Å²) in [6.45, 7) is 1.75. The number of phenols is 2. The van der Waals surface area contributed by atoms with E-state index in [1.54, 1.807) is 9.80 Å². The monoisotopic (exact) mass is 946 g/mol. The van der Waals surface area contributed by atoms with Crippen molar-refractivity contribution in [3.63, 3.8) is 0 Å². The molecular formula is C33H36BCl4IN10O6. The Morgan fingerprint density at radius 2 is 1.20 bits per heavy atom. The third-order valence-corrected chi connectivity index (χ3v) is 10.5. The Kier molecular flexibility index (Phi) is 13.5. The molecule has 8 rings (SSSR count). The van der Waals surface area contributed by atoms with Crippen LogP contribution in [0.2, 0.25) is 20.1 Å². The summed E-state index contributed by atoms with van der Waals surface area (Å²) < 4.78 is 0.840. The first kappa shape index (κ1) is 42.4. The molecule has 10 N–H and O–H groups in total. The number of anilines is 2. The number of amides is 4. The number of urea groups is 2.